The van der Waals surface area contributed by atoms with Gasteiger partial charge in [0.1, 0.15) is 0 Å². The summed E-state index contributed by atoms with van der Waals surface area (Å²) >= 11 is 0. The third-order valence-corrected chi connectivity index (χ3v) is 1.99. The van der Waals surface area contributed by atoms with Crippen molar-refractivity contribution in [1.29, 1.82) is 0 Å². The van der Waals surface area contributed by atoms with Crippen molar-refractivity contribution in [3.05, 3.63) is 0 Å². The lowest BCUT2D eigenvalue weighted by molar-refractivity contribution is 0.157. The predicted molar refractivity (Wildman–Crippen MR) is 61.5 cm³/mol. The highest BCUT2D eigenvalue weighted by Crippen LogP contribution is 2.10. The molecule has 0 radical (unpaired) electrons. The van der Waals surface area contributed by atoms with E-state index in [0.717, 1.165) is 19.6 Å². The molecule has 0 unspecified atom stereocenters. The van der Waals surface area contributed by atoms with Crippen LogP contribution in [0.5, 0.6) is 0 Å². The van der Waals surface area contributed by atoms with Gasteiger partial charge in [-0.05, 0) is 20.8 Å². The zero-order valence-electron chi connectivity index (χ0n) is 10.3. The van der Waals surface area contributed by atoms with Crippen LogP contribution in [0.2, 0.25) is 0 Å². The minimum absolute atomic E-state index is 0.0122. The van der Waals surface area contributed by atoms with E-state index in [2.05, 4.69) is 45.3 Å². The molecule has 86 valence electrons. The van der Waals surface area contributed by atoms with Gasteiger partial charge in [-0.25, -0.2) is 0 Å². The van der Waals surface area contributed by atoms with Crippen LogP contribution in [0, 0.1) is 5.41 Å². The van der Waals surface area contributed by atoms with Crippen LogP contribution in [0.4, 0.5) is 0 Å². The summed E-state index contributed by atoms with van der Waals surface area (Å²) in [5.41, 5.74) is 0.176. The van der Waals surface area contributed by atoms with Gasteiger partial charge in [0, 0.05) is 37.2 Å². The van der Waals surface area contributed by atoms with E-state index in [1.807, 2.05) is 0 Å². The van der Waals surface area contributed by atoms with E-state index in [1.54, 1.807) is 0 Å². The normalized spacial score (nSPS) is 13.3. The Balaban J connectivity index is 3.39. The summed E-state index contributed by atoms with van der Waals surface area (Å²) in [4.78, 5) is 0. The predicted octanol–water partition coefficient (Wildman–Crippen LogP) is 0.983. The molecule has 0 atom stereocenters. The van der Waals surface area contributed by atoms with Crippen LogP contribution < -0.4 is 10.6 Å². The standard InChI is InChI=1S/C11H26N2O/c1-10(2,3)13-7-6-12-8-11(4,5)9-14/h12-14H,6-9H2,1-5H3. The summed E-state index contributed by atoms with van der Waals surface area (Å²) in [5, 5.41) is 15.8. The fraction of sp³-hybridized carbons (Fsp3) is 1.00. The van der Waals surface area contributed by atoms with Crippen LogP contribution in [0.3, 0.4) is 0 Å². The van der Waals surface area contributed by atoms with Gasteiger partial charge in [0.15, 0.2) is 0 Å². The number of hydrogen-bond acceptors (Lipinski definition) is 3. The van der Waals surface area contributed by atoms with Crippen LogP contribution in [-0.4, -0.2) is 36.9 Å². The van der Waals surface area contributed by atoms with Crippen molar-refractivity contribution < 1.29 is 5.11 Å². The van der Waals surface area contributed by atoms with Gasteiger partial charge < -0.3 is 15.7 Å². The molecule has 0 aromatic heterocycles. The van der Waals surface area contributed by atoms with Crippen LogP contribution in [0.25, 0.3) is 0 Å². The molecule has 0 amide bonds. The Bertz CT molecular complexity index is 150. The van der Waals surface area contributed by atoms with E-state index >= 15 is 0 Å². The van der Waals surface area contributed by atoms with Gasteiger partial charge in [-0.2, -0.15) is 0 Å². The minimum atomic E-state index is -0.0122. The second-order valence-corrected chi connectivity index (χ2v) is 5.68. The monoisotopic (exact) mass is 202 g/mol. The lowest BCUT2D eigenvalue weighted by atomic mass is 9.95. The zero-order chi connectivity index (χ0) is 11.2. The highest BCUT2D eigenvalue weighted by Gasteiger charge is 2.15. The third kappa shape index (κ3) is 8.48. The van der Waals surface area contributed by atoms with Crippen LogP contribution in [-0.2, 0) is 0 Å². The molecule has 0 heterocycles. The summed E-state index contributed by atoms with van der Waals surface area (Å²) in [6.07, 6.45) is 0. The van der Waals surface area contributed by atoms with E-state index in [-0.39, 0.29) is 17.6 Å². The topological polar surface area (TPSA) is 44.3 Å². The zero-order valence-corrected chi connectivity index (χ0v) is 10.3. The molecule has 14 heavy (non-hydrogen) atoms. The molecule has 3 nitrogen and oxygen atoms in total. The molecule has 0 aromatic rings. The first-order chi connectivity index (χ1) is 6.27. The summed E-state index contributed by atoms with van der Waals surface area (Å²) in [7, 11) is 0. The molecule has 0 rings (SSSR count). The highest BCUT2D eigenvalue weighted by molar-refractivity contribution is 4.73. The van der Waals surface area contributed by atoms with E-state index in [0.29, 0.717) is 0 Å². The molecule has 0 saturated heterocycles. The molecule has 0 aliphatic carbocycles. The van der Waals surface area contributed by atoms with Gasteiger partial charge in [0.25, 0.3) is 0 Å². The van der Waals surface area contributed by atoms with E-state index in [9.17, 15) is 0 Å². The SMILES string of the molecule is CC(C)(CO)CNCCNC(C)(C)C. The second-order valence-electron chi connectivity index (χ2n) is 5.68. The number of rotatable bonds is 6. The van der Waals surface area contributed by atoms with Crippen LogP contribution >= 0.6 is 0 Å². The molecule has 0 spiro atoms. The van der Waals surface area contributed by atoms with Crippen molar-refractivity contribution in [1.82, 2.24) is 10.6 Å². The second kappa shape index (κ2) is 5.69. The average Bonchev–Trinajstić information content (AvgIpc) is 2.01. The Morgan fingerprint density at radius 1 is 1.00 bits per heavy atom. The Morgan fingerprint density at radius 2 is 1.57 bits per heavy atom. The maximum atomic E-state index is 9.02. The molecule has 3 heteroatoms. The van der Waals surface area contributed by atoms with Crippen molar-refractivity contribution >= 4 is 0 Å². The lowest BCUT2D eigenvalue weighted by Crippen LogP contribution is -2.42. The van der Waals surface area contributed by atoms with Crippen molar-refractivity contribution in [2.75, 3.05) is 26.2 Å². The molecule has 0 aliphatic rings. The molecule has 0 aromatic carbocycles. The Hall–Kier alpha value is -0.120. The van der Waals surface area contributed by atoms with Crippen LogP contribution in [0.1, 0.15) is 34.6 Å². The summed E-state index contributed by atoms with van der Waals surface area (Å²) in [5.74, 6) is 0. The number of aliphatic hydroxyl groups is 1. The third-order valence-electron chi connectivity index (χ3n) is 1.99. The van der Waals surface area contributed by atoms with Crippen molar-refractivity contribution in [2.45, 2.75) is 40.2 Å². The van der Waals surface area contributed by atoms with Crippen LogP contribution in [0.15, 0.2) is 0 Å². The Morgan fingerprint density at radius 3 is 2.00 bits per heavy atom. The number of aliphatic hydroxyl groups excluding tert-OH is 1. The Labute approximate surface area is 88.3 Å². The first-order valence-electron chi connectivity index (χ1n) is 5.33. The molecule has 0 aliphatic heterocycles. The van der Waals surface area contributed by atoms with E-state index in [1.165, 1.54) is 0 Å². The number of nitrogens with one attached hydrogen (secondary N) is 2. The average molecular weight is 202 g/mol. The van der Waals surface area contributed by atoms with Crippen molar-refractivity contribution in [3.8, 4) is 0 Å². The summed E-state index contributed by atoms with van der Waals surface area (Å²) in [6, 6.07) is 0. The highest BCUT2D eigenvalue weighted by atomic mass is 16.3. The Kier molecular flexibility index (Phi) is 5.64. The molecule has 3 N–H and O–H groups in total. The first kappa shape index (κ1) is 13.9. The molecular formula is C11H26N2O. The summed E-state index contributed by atoms with van der Waals surface area (Å²) in [6.45, 7) is 13.6. The van der Waals surface area contributed by atoms with Gasteiger partial charge in [-0.15, -0.1) is 0 Å². The maximum absolute atomic E-state index is 9.02. The quantitative estimate of drug-likeness (QED) is 0.563. The van der Waals surface area contributed by atoms with Crippen molar-refractivity contribution in [2.24, 2.45) is 5.41 Å². The molecule has 0 fully saturated rings. The van der Waals surface area contributed by atoms with Crippen molar-refractivity contribution in [3.63, 3.8) is 0 Å². The van der Waals surface area contributed by atoms with Gasteiger partial charge >= 0.3 is 0 Å². The largest absolute Gasteiger partial charge is 0.396 e. The van der Waals surface area contributed by atoms with E-state index in [4.69, 9.17) is 5.11 Å². The van der Waals surface area contributed by atoms with Gasteiger partial charge in [0.05, 0.1) is 0 Å². The molecule has 0 saturated carbocycles. The fourth-order valence-corrected chi connectivity index (χ4v) is 1.01. The number of hydrogen-bond donors (Lipinski definition) is 3. The van der Waals surface area contributed by atoms with Gasteiger partial charge in [0.2, 0.25) is 0 Å². The summed E-state index contributed by atoms with van der Waals surface area (Å²) < 4.78 is 0. The van der Waals surface area contributed by atoms with Gasteiger partial charge in [-0.3, -0.25) is 0 Å². The minimum Gasteiger partial charge on any atom is -0.396 e. The van der Waals surface area contributed by atoms with Gasteiger partial charge in [-0.1, -0.05) is 13.8 Å². The lowest BCUT2D eigenvalue weighted by Gasteiger charge is -2.24. The molecule has 0 bridgehead atoms. The maximum Gasteiger partial charge on any atom is 0.0494 e. The smallest absolute Gasteiger partial charge is 0.0494 e. The van der Waals surface area contributed by atoms with E-state index < -0.39 is 0 Å². The molecular weight excluding hydrogens is 176 g/mol. The first-order valence-corrected chi connectivity index (χ1v) is 5.33. The fourth-order valence-electron chi connectivity index (χ4n) is 1.01.